The Balaban J connectivity index is 2.75. The van der Waals surface area contributed by atoms with E-state index >= 15 is 0 Å². The number of nitrogens with zero attached hydrogens (tertiary/aromatic N) is 3. The second-order valence-corrected chi connectivity index (χ2v) is 3.63. The Bertz CT molecular complexity index is 716. The third-order valence-corrected chi connectivity index (χ3v) is 2.39. The fourth-order valence-corrected chi connectivity index (χ4v) is 1.51. The molecule has 1 heterocycles. The predicted octanol–water partition coefficient (Wildman–Crippen LogP) is 1.60. The molecule has 0 spiro atoms. The first-order valence-electron chi connectivity index (χ1n) is 4.96. The zero-order valence-corrected chi connectivity index (χ0v) is 9.32. The predicted molar refractivity (Wildman–Crippen MR) is 59.5 cm³/mol. The number of nitriles is 1. The Labute approximate surface area is 101 Å². The molecule has 0 saturated carbocycles. The zero-order chi connectivity index (χ0) is 13.3. The molecule has 4 nitrogen and oxygen atoms in total. The van der Waals surface area contributed by atoms with Crippen LogP contribution in [-0.2, 0) is 7.05 Å². The molecule has 0 radical (unpaired) electrons. The highest BCUT2D eigenvalue weighted by Gasteiger charge is 2.14. The van der Waals surface area contributed by atoms with Crippen molar-refractivity contribution in [3.05, 3.63) is 52.1 Å². The van der Waals surface area contributed by atoms with E-state index in [2.05, 4.69) is 4.98 Å². The van der Waals surface area contributed by atoms with Crippen LogP contribution in [0.25, 0.3) is 11.3 Å². The zero-order valence-electron chi connectivity index (χ0n) is 9.32. The lowest BCUT2D eigenvalue weighted by atomic mass is 10.1. The molecule has 2 aromatic rings. The van der Waals surface area contributed by atoms with Crippen LogP contribution in [0.4, 0.5) is 8.78 Å². The number of benzene rings is 1. The maximum Gasteiger partial charge on any atom is 0.347 e. The molecule has 1 aromatic heterocycles. The van der Waals surface area contributed by atoms with Crippen LogP contribution in [0, 0.1) is 23.0 Å². The van der Waals surface area contributed by atoms with Gasteiger partial charge in [-0.3, -0.25) is 0 Å². The summed E-state index contributed by atoms with van der Waals surface area (Å²) in [6.45, 7) is 0. The van der Waals surface area contributed by atoms with Gasteiger partial charge in [-0.25, -0.2) is 13.6 Å². The average Bonchev–Trinajstić information content (AvgIpc) is 2.32. The van der Waals surface area contributed by atoms with Crippen LogP contribution >= 0.6 is 0 Å². The van der Waals surface area contributed by atoms with Gasteiger partial charge in [0.15, 0.2) is 0 Å². The largest absolute Gasteiger partial charge is 0.347 e. The van der Waals surface area contributed by atoms with Gasteiger partial charge in [-0.15, -0.1) is 0 Å². The third-order valence-electron chi connectivity index (χ3n) is 2.39. The Morgan fingerprint density at radius 3 is 2.72 bits per heavy atom. The van der Waals surface area contributed by atoms with Crippen LogP contribution in [0.1, 0.15) is 5.56 Å². The number of aryl methyl sites for hydroxylation is 1. The van der Waals surface area contributed by atoms with Crippen LogP contribution in [-0.4, -0.2) is 9.55 Å². The fraction of sp³-hybridized carbons (Fsp3) is 0.0833. The van der Waals surface area contributed by atoms with Gasteiger partial charge in [0.2, 0.25) is 0 Å². The van der Waals surface area contributed by atoms with E-state index in [9.17, 15) is 13.6 Å². The Morgan fingerprint density at radius 2 is 2.11 bits per heavy atom. The van der Waals surface area contributed by atoms with E-state index in [0.29, 0.717) is 6.07 Å². The highest BCUT2D eigenvalue weighted by Crippen LogP contribution is 2.23. The van der Waals surface area contributed by atoms with Crippen molar-refractivity contribution in [1.82, 2.24) is 9.55 Å². The van der Waals surface area contributed by atoms with E-state index < -0.39 is 17.3 Å². The number of hydrogen-bond donors (Lipinski definition) is 0. The van der Waals surface area contributed by atoms with E-state index in [1.54, 1.807) is 0 Å². The van der Waals surface area contributed by atoms with E-state index in [0.717, 1.165) is 16.7 Å². The van der Waals surface area contributed by atoms with Gasteiger partial charge in [-0.1, -0.05) is 0 Å². The van der Waals surface area contributed by atoms with Crippen molar-refractivity contribution in [3.8, 4) is 17.3 Å². The minimum atomic E-state index is -0.868. The minimum Gasteiger partial charge on any atom is -0.301 e. The molecular weight excluding hydrogens is 240 g/mol. The van der Waals surface area contributed by atoms with Gasteiger partial charge in [0.05, 0.1) is 11.3 Å². The summed E-state index contributed by atoms with van der Waals surface area (Å²) in [5, 5.41) is 8.94. The average molecular weight is 247 g/mol. The van der Waals surface area contributed by atoms with Crippen molar-refractivity contribution >= 4 is 0 Å². The standard InChI is InChI=1S/C12H7F2N3O/c1-17-6-7(5-15)11(16-12(17)18)9-3-2-8(13)4-10(9)14/h2-4,6H,1H3. The maximum absolute atomic E-state index is 13.6. The van der Waals surface area contributed by atoms with Crippen molar-refractivity contribution in [3.63, 3.8) is 0 Å². The van der Waals surface area contributed by atoms with Crippen LogP contribution in [0.2, 0.25) is 0 Å². The van der Waals surface area contributed by atoms with Gasteiger partial charge in [-0.05, 0) is 12.1 Å². The number of halogens is 2. The Morgan fingerprint density at radius 1 is 1.39 bits per heavy atom. The second-order valence-electron chi connectivity index (χ2n) is 3.63. The molecule has 0 aliphatic carbocycles. The molecule has 0 bridgehead atoms. The Kier molecular flexibility index (Phi) is 2.90. The smallest absolute Gasteiger partial charge is 0.301 e. The van der Waals surface area contributed by atoms with Gasteiger partial charge in [0.25, 0.3) is 0 Å². The van der Waals surface area contributed by atoms with Crippen LogP contribution in [0.15, 0.2) is 29.2 Å². The topological polar surface area (TPSA) is 58.7 Å². The molecule has 0 aliphatic rings. The van der Waals surface area contributed by atoms with E-state index in [1.165, 1.54) is 13.2 Å². The fourth-order valence-electron chi connectivity index (χ4n) is 1.51. The molecule has 0 N–H and O–H groups in total. The van der Waals surface area contributed by atoms with E-state index in [1.807, 2.05) is 6.07 Å². The lowest BCUT2D eigenvalue weighted by Gasteiger charge is -2.05. The van der Waals surface area contributed by atoms with Crippen molar-refractivity contribution in [2.24, 2.45) is 7.05 Å². The molecule has 90 valence electrons. The molecule has 0 unspecified atom stereocenters. The quantitative estimate of drug-likeness (QED) is 0.769. The van der Waals surface area contributed by atoms with Gasteiger partial charge in [0.1, 0.15) is 17.7 Å². The molecule has 2 rings (SSSR count). The number of aromatic nitrogens is 2. The second kappa shape index (κ2) is 4.37. The van der Waals surface area contributed by atoms with Crippen molar-refractivity contribution in [2.45, 2.75) is 0 Å². The summed E-state index contributed by atoms with van der Waals surface area (Å²) in [6, 6.07) is 4.68. The summed E-state index contributed by atoms with van der Waals surface area (Å²) in [7, 11) is 1.43. The van der Waals surface area contributed by atoms with Crippen LogP contribution < -0.4 is 5.69 Å². The number of hydrogen-bond acceptors (Lipinski definition) is 3. The van der Waals surface area contributed by atoms with Crippen molar-refractivity contribution in [2.75, 3.05) is 0 Å². The molecule has 0 saturated heterocycles. The van der Waals surface area contributed by atoms with Crippen LogP contribution in [0.3, 0.4) is 0 Å². The monoisotopic (exact) mass is 247 g/mol. The highest BCUT2D eigenvalue weighted by atomic mass is 19.1. The molecule has 6 heteroatoms. The summed E-state index contributed by atoms with van der Waals surface area (Å²) in [5.41, 5.74) is -0.737. The first-order chi connectivity index (χ1) is 8.52. The van der Waals surface area contributed by atoms with Gasteiger partial charge in [0, 0.05) is 24.9 Å². The molecule has 0 aliphatic heterocycles. The highest BCUT2D eigenvalue weighted by molar-refractivity contribution is 5.66. The Hall–Kier alpha value is -2.55. The van der Waals surface area contributed by atoms with E-state index in [-0.39, 0.29) is 16.8 Å². The van der Waals surface area contributed by atoms with Crippen LogP contribution in [0.5, 0.6) is 0 Å². The number of rotatable bonds is 1. The van der Waals surface area contributed by atoms with Gasteiger partial charge in [-0.2, -0.15) is 10.2 Å². The first-order valence-corrected chi connectivity index (χ1v) is 4.96. The summed E-state index contributed by atoms with van der Waals surface area (Å²) in [6.07, 6.45) is 1.26. The molecule has 0 amide bonds. The molecule has 1 aromatic carbocycles. The van der Waals surface area contributed by atoms with Gasteiger partial charge < -0.3 is 4.57 Å². The minimum absolute atomic E-state index is 0.0441. The summed E-state index contributed by atoms with van der Waals surface area (Å²) in [4.78, 5) is 15.0. The van der Waals surface area contributed by atoms with Crippen molar-refractivity contribution in [1.29, 1.82) is 5.26 Å². The summed E-state index contributed by atoms with van der Waals surface area (Å²) >= 11 is 0. The molecular formula is C12H7F2N3O. The normalized spacial score (nSPS) is 10.1. The maximum atomic E-state index is 13.6. The van der Waals surface area contributed by atoms with E-state index in [4.69, 9.17) is 5.26 Å². The first kappa shape index (κ1) is 11.9. The summed E-state index contributed by atoms with van der Waals surface area (Å²) < 4.78 is 27.5. The summed E-state index contributed by atoms with van der Waals surface area (Å²) in [5.74, 6) is -1.61. The molecule has 0 atom stereocenters. The lowest BCUT2D eigenvalue weighted by molar-refractivity contribution is 0.585. The lowest BCUT2D eigenvalue weighted by Crippen LogP contribution is -2.21. The molecule has 18 heavy (non-hydrogen) atoms. The van der Waals surface area contributed by atoms with Crippen molar-refractivity contribution < 1.29 is 8.78 Å². The SMILES string of the molecule is Cn1cc(C#N)c(-c2ccc(F)cc2F)nc1=O. The molecule has 0 fully saturated rings. The third kappa shape index (κ3) is 1.98. The van der Waals surface area contributed by atoms with Gasteiger partial charge >= 0.3 is 5.69 Å².